The van der Waals surface area contributed by atoms with Gasteiger partial charge in [-0.2, -0.15) is 0 Å². The van der Waals surface area contributed by atoms with E-state index in [1.54, 1.807) is 11.2 Å². The first kappa shape index (κ1) is 45.0. The van der Waals surface area contributed by atoms with Gasteiger partial charge in [0.1, 0.15) is 0 Å². The van der Waals surface area contributed by atoms with Crippen molar-refractivity contribution in [3.8, 4) is 49.0 Å². The first-order valence-corrected chi connectivity index (χ1v) is 22.1. The monoisotopic (exact) mass is 812 g/mol. The SMILES string of the molecule is Cc1cccc(C)c1-c1cccc(-c2c(C)cccc2C)c1Cc1cc(C(C)(C)C)cc(Cc2c(-c3c(C)cccc3C)cccc2-c2c(C)cccc2C)c1S#C[S-].[Li+]. The second-order valence-electron chi connectivity index (χ2n) is 17.6. The standard InChI is InChI=1S/C57H58S2.Li/c1-35-18-12-19-36(2)52(35)46-26-16-27-47(53-37(3)20-13-21-38(53)4)50(46)32-43-30-45(57(9,10)11)31-44(56(43)59-34-58)33-51-48(54-39(5)22-14-23-40(54)6)28-17-29-49(51)55-41(7)24-15-25-42(55)8;/h12-31,58H,32-33H2,1-11H3;/q;+1/p-1. The van der Waals surface area contributed by atoms with Gasteiger partial charge < -0.3 is 12.6 Å². The molecule has 7 aromatic rings. The van der Waals surface area contributed by atoms with Crippen LogP contribution in [-0.2, 0) is 30.9 Å². The van der Waals surface area contributed by atoms with E-state index >= 15 is 0 Å². The molecule has 60 heavy (non-hydrogen) atoms. The maximum Gasteiger partial charge on any atom is 1.00 e. The van der Waals surface area contributed by atoms with Gasteiger partial charge in [-0.3, -0.25) is 4.52 Å². The predicted molar refractivity (Wildman–Crippen MR) is 260 cm³/mol. The van der Waals surface area contributed by atoms with Crippen LogP contribution in [0, 0.1) is 59.9 Å². The van der Waals surface area contributed by atoms with E-state index in [2.05, 4.69) is 202 Å². The van der Waals surface area contributed by atoms with Crippen molar-refractivity contribution >= 4 is 23.8 Å². The molecule has 0 unspecified atom stereocenters. The molecule has 0 bridgehead atoms. The van der Waals surface area contributed by atoms with Gasteiger partial charge in [-0.25, -0.2) is 0 Å². The molecule has 0 spiro atoms. The quantitative estimate of drug-likeness (QED) is 0.109. The Hall–Kier alpha value is -4.51. The summed E-state index contributed by atoms with van der Waals surface area (Å²) >= 11 is 7.23. The van der Waals surface area contributed by atoms with Gasteiger partial charge in [0.25, 0.3) is 0 Å². The van der Waals surface area contributed by atoms with Crippen molar-refractivity contribution in [2.45, 2.75) is 99.3 Å². The van der Waals surface area contributed by atoms with E-state index in [-0.39, 0.29) is 24.3 Å². The summed E-state index contributed by atoms with van der Waals surface area (Å²) in [5.41, 5.74) is 27.3. The Kier molecular flexibility index (Phi) is 14.0. The Morgan fingerprint density at radius 2 is 0.683 bits per heavy atom. The third kappa shape index (κ3) is 8.93. The summed E-state index contributed by atoms with van der Waals surface area (Å²) in [6.45, 7) is 25.0. The summed E-state index contributed by atoms with van der Waals surface area (Å²) in [6.07, 6.45) is 1.51. The molecule has 0 N–H and O–H groups in total. The fraction of sp³-hybridized carbons (Fsp3) is 0.246. The number of aryl methyl sites for hydroxylation is 8. The molecule has 0 amide bonds. The molecule has 0 aliphatic rings. The van der Waals surface area contributed by atoms with Gasteiger partial charge in [0.15, 0.2) is 0 Å². The van der Waals surface area contributed by atoms with Crippen molar-refractivity contribution in [2.75, 3.05) is 0 Å². The van der Waals surface area contributed by atoms with Crippen LogP contribution >= 0.6 is 11.2 Å². The molecule has 0 aliphatic carbocycles. The van der Waals surface area contributed by atoms with Crippen molar-refractivity contribution in [3.63, 3.8) is 0 Å². The van der Waals surface area contributed by atoms with Gasteiger partial charge in [-0.05, 0) is 178 Å². The van der Waals surface area contributed by atoms with Crippen molar-refractivity contribution in [2.24, 2.45) is 0 Å². The summed E-state index contributed by atoms with van der Waals surface area (Å²) < 4.78 is 3.15. The minimum atomic E-state index is -0.0861. The van der Waals surface area contributed by atoms with Crippen molar-refractivity contribution in [3.05, 3.63) is 194 Å². The van der Waals surface area contributed by atoms with Crippen LogP contribution in [0.4, 0.5) is 0 Å². The van der Waals surface area contributed by atoms with Gasteiger partial charge in [0, 0.05) is 17.7 Å². The number of rotatable bonds is 8. The molecular weight excluding hydrogens is 756 g/mol. The largest absolute Gasteiger partial charge is 1.00 e. The Morgan fingerprint density at radius 3 is 0.917 bits per heavy atom. The molecular formula is C57H57LiS2. The smallest absolute Gasteiger partial charge is 0.697 e. The Balaban J connectivity index is 0.00000604. The van der Waals surface area contributed by atoms with E-state index in [9.17, 15) is 0 Å². The number of benzene rings is 7. The van der Waals surface area contributed by atoms with Crippen LogP contribution in [0.2, 0.25) is 0 Å². The zero-order valence-corrected chi connectivity index (χ0v) is 39.4. The normalized spacial score (nSPS) is 11.3. The summed E-state index contributed by atoms with van der Waals surface area (Å²) in [5.74, 6) is 0. The van der Waals surface area contributed by atoms with Gasteiger partial charge in [-0.15, -0.1) is 11.2 Å². The summed E-state index contributed by atoms with van der Waals surface area (Å²) in [7, 11) is 0. The van der Waals surface area contributed by atoms with E-state index in [4.69, 9.17) is 12.6 Å². The minimum absolute atomic E-state index is 0. The molecule has 0 heterocycles. The van der Waals surface area contributed by atoms with Crippen molar-refractivity contribution in [1.29, 1.82) is 0 Å². The molecule has 0 saturated heterocycles. The van der Waals surface area contributed by atoms with Gasteiger partial charge in [0.05, 0.1) is 0 Å². The Morgan fingerprint density at radius 1 is 0.433 bits per heavy atom. The van der Waals surface area contributed by atoms with Gasteiger partial charge >= 0.3 is 18.9 Å². The average molecular weight is 813 g/mol. The van der Waals surface area contributed by atoms with Crippen LogP contribution < -0.4 is 18.9 Å². The molecule has 0 nitrogen and oxygen atoms in total. The first-order valence-electron chi connectivity index (χ1n) is 20.9. The van der Waals surface area contributed by atoms with Crippen LogP contribution in [-0.4, -0.2) is 0 Å². The molecule has 298 valence electrons. The summed E-state index contributed by atoms with van der Waals surface area (Å²) in [6, 6.07) is 45.5. The Bertz CT molecular complexity index is 2410. The van der Waals surface area contributed by atoms with Crippen LogP contribution in [0.15, 0.2) is 126 Å². The minimum Gasteiger partial charge on any atom is -0.697 e. The summed E-state index contributed by atoms with van der Waals surface area (Å²) in [5, 5.41) is 0. The maximum absolute atomic E-state index is 5.65. The summed E-state index contributed by atoms with van der Waals surface area (Å²) in [4.78, 5) is 1.21. The van der Waals surface area contributed by atoms with E-state index in [1.807, 2.05) is 0 Å². The van der Waals surface area contributed by atoms with E-state index in [1.165, 1.54) is 122 Å². The maximum atomic E-state index is 5.65. The predicted octanol–water partition coefficient (Wildman–Crippen LogP) is 12.9. The molecule has 0 aromatic heterocycles. The van der Waals surface area contributed by atoms with Crippen molar-refractivity contribution < 1.29 is 18.9 Å². The molecule has 0 atom stereocenters. The number of hydrogen-bond acceptors (Lipinski definition) is 1. The average Bonchev–Trinajstić information content (AvgIpc) is 3.17. The fourth-order valence-electron chi connectivity index (χ4n) is 9.45. The molecule has 0 fully saturated rings. The topological polar surface area (TPSA) is 0 Å². The van der Waals surface area contributed by atoms with Crippen LogP contribution in [0.5, 0.6) is 0 Å². The Labute approximate surface area is 382 Å². The molecule has 7 aromatic carbocycles. The third-order valence-electron chi connectivity index (χ3n) is 12.3. The van der Waals surface area contributed by atoms with E-state index < -0.39 is 0 Å². The fourth-order valence-corrected chi connectivity index (χ4v) is 10.3. The number of hydrogen-bond donors (Lipinski definition) is 0. The molecule has 3 heteroatoms. The van der Waals surface area contributed by atoms with Gasteiger partial charge in [0.2, 0.25) is 0 Å². The molecule has 0 radical (unpaired) electrons. The van der Waals surface area contributed by atoms with E-state index in [0.717, 1.165) is 12.8 Å². The molecule has 0 saturated carbocycles. The second-order valence-corrected chi connectivity index (χ2v) is 18.9. The second kappa shape index (κ2) is 18.6. The molecule has 0 aliphatic heterocycles. The van der Waals surface area contributed by atoms with Crippen LogP contribution in [0.25, 0.3) is 44.5 Å². The third-order valence-corrected chi connectivity index (χ3v) is 13.4. The van der Waals surface area contributed by atoms with Crippen molar-refractivity contribution in [1.82, 2.24) is 0 Å². The zero-order chi connectivity index (χ0) is 42.2. The van der Waals surface area contributed by atoms with Gasteiger partial charge in [-0.1, -0.05) is 142 Å². The first-order chi connectivity index (χ1) is 28.2. The van der Waals surface area contributed by atoms with E-state index in [0.29, 0.717) is 0 Å². The zero-order valence-electron chi connectivity index (χ0n) is 37.8. The molecule has 7 rings (SSSR count). The van der Waals surface area contributed by atoms with Crippen LogP contribution in [0.1, 0.15) is 93.1 Å². The van der Waals surface area contributed by atoms with Crippen LogP contribution in [0.3, 0.4) is 0 Å².